The predicted octanol–water partition coefficient (Wildman–Crippen LogP) is 2.40. The molecule has 0 atom stereocenters. The number of ether oxygens (including phenoxy) is 3. The first-order chi connectivity index (χ1) is 11.4. The van der Waals surface area contributed by atoms with Gasteiger partial charge in [-0.25, -0.2) is 0 Å². The maximum atomic E-state index is 5.87. The molecule has 5 heteroatoms. The smallest absolute Gasteiger partial charge is 0.231 e. The maximum absolute atomic E-state index is 5.87. The van der Waals surface area contributed by atoms with Gasteiger partial charge in [0.15, 0.2) is 11.5 Å². The zero-order valence-electron chi connectivity index (χ0n) is 13.0. The summed E-state index contributed by atoms with van der Waals surface area (Å²) in [6.07, 6.45) is 0. The monoisotopic (exact) mass is 312 g/mol. The van der Waals surface area contributed by atoms with Crippen molar-refractivity contribution in [2.24, 2.45) is 0 Å². The Hall–Kier alpha value is -2.40. The van der Waals surface area contributed by atoms with Crippen LogP contribution in [0.5, 0.6) is 17.2 Å². The van der Waals surface area contributed by atoms with Crippen molar-refractivity contribution < 1.29 is 14.2 Å². The summed E-state index contributed by atoms with van der Waals surface area (Å²) in [5.74, 6) is 2.47. The second-order valence-corrected chi connectivity index (χ2v) is 5.71. The third kappa shape index (κ3) is 3.19. The van der Waals surface area contributed by atoms with Crippen molar-refractivity contribution >= 4 is 5.69 Å². The minimum atomic E-state index is 0.299. The fourth-order valence-corrected chi connectivity index (χ4v) is 2.87. The van der Waals surface area contributed by atoms with Crippen molar-refractivity contribution in [1.82, 2.24) is 5.32 Å². The fraction of sp³-hybridized carbons (Fsp3) is 0.333. The third-order valence-corrected chi connectivity index (χ3v) is 4.16. The summed E-state index contributed by atoms with van der Waals surface area (Å²) in [4.78, 5) is 2.39. The van der Waals surface area contributed by atoms with Crippen LogP contribution < -0.4 is 24.4 Å². The Morgan fingerprint density at radius 1 is 0.957 bits per heavy atom. The van der Waals surface area contributed by atoms with Crippen LogP contribution in [0.4, 0.5) is 5.69 Å². The van der Waals surface area contributed by atoms with Gasteiger partial charge in [-0.05, 0) is 42.0 Å². The highest BCUT2D eigenvalue weighted by atomic mass is 16.7. The molecule has 4 rings (SSSR count). The number of fused-ring (bicyclic) bond motifs is 1. The van der Waals surface area contributed by atoms with Crippen molar-refractivity contribution in [3.8, 4) is 17.2 Å². The molecule has 0 saturated carbocycles. The highest BCUT2D eigenvalue weighted by Gasteiger charge is 2.13. The van der Waals surface area contributed by atoms with Crippen molar-refractivity contribution in [2.75, 3.05) is 37.9 Å². The van der Waals surface area contributed by atoms with E-state index < -0.39 is 0 Å². The molecule has 120 valence electrons. The molecule has 0 aromatic heterocycles. The number of nitrogens with one attached hydrogen (secondary N) is 1. The van der Waals surface area contributed by atoms with E-state index in [9.17, 15) is 0 Å². The van der Waals surface area contributed by atoms with Crippen molar-refractivity contribution in [3.05, 3.63) is 48.0 Å². The molecule has 2 aliphatic rings. The molecule has 2 aromatic carbocycles. The number of piperazine rings is 1. The summed E-state index contributed by atoms with van der Waals surface area (Å²) in [6.45, 7) is 5.01. The molecule has 0 unspecified atom stereocenters. The summed E-state index contributed by atoms with van der Waals surface area (Å²) in [5, 5.41) is 3.37. The van der Waals surface area contributed by atoms with Crippen LogP contribution in [0.25, 0.3) is 0 Å². The lowest BCUT2D eigenvalue weighted by Gasteiger charge is -2.29. The molecule has 2 aliphatic heterocycles. The number of rotatable bonds is 4. The molecule has 0 amide bonds. The molecular weight excluding hydrogens is 292 g/mol. The lowest BCUT2D eigenvalue weighted by molar-refractivity contribution is 0.174. The van der Waals surface area contributed by atoms with Crippen molar-refractivity contribution in [1.29, 1.82) is 0 Å². The lowest BCUT2D eigenvalue weighted by atomic mass is 10.2. The second-order valence-electron chi connectivity index (χ2n) is 5.71. The van der Waals surface area contributed by atoms with E-state index >= 15 is 0 Å². The highest BCUT2D eigenvalue weighted by molar-refractivity contribution is 5.49. The van der Waals surface area contributed by atoms with Gasteiger partial charge in [-0.2, -0.15) is 0 Å². The van der Waals surface area contributed by atoms with E-state index in [4.69, 9.17) is 14.2 Å². The fourth-order valence-electron chi connectivity index (χ4n) is 2.87. The van der Waals surface area contributed by atoms with Gasteiger partial charge < -0.3 is 24.4 Å². The molecule has 2 aromatic rings. The molecule has 0 aliphatic carbocycles. The van der Waals surface area contributed by atoms with E-state index in [-0.39, 0.29) is 0 Å². The van der Waals surface area contributed by atoms with Crippen molar-refractivity contribution in [2.45, 2.75) is 6.61 Å². The number of hydrogen-bond donors (Lipinski definition) is 1. The molecule has 23 heavy (non-hydrogen) atoms. The van der Waals surface area contributed by atoms with Gasteiger partial charge in [0.25, 0.3) is 0 Å². The van der Waals surface area contributed by atoms with Crippen LogP contribution in [0.3, 0.4) is 0 Å². The summed E-state index contributed by atoms with van der Waals surface area (Å²) >= 11 is 0. The number of benzene rings is 2. The Balaban J connectivity index is 1.37. The average Bonchev–Trinajstić information content (AvgIpc) is 3.09. The summed E-state index contributed by atoms with van der Waals surface area (Å²) < 4.78 is 16.6. The summed E-state index contributed by atoms with van der Waals surface area (Å²) in [7, 11) is 0. The quantitative estimate of drug-likeness (QED) is 0.939. The van der Waals surface area contributed by atoms with Gasteiger partial charge >= 0.3 is 0 Å². The Labute approximate surface area is 135 Å². The van der Waals surface area contributed by atoms with E-state index in [1.54, 1.807) is 0 Å². The Bertz CT molecular complexity index is 666. The molecule has 0 radical (unpaired) electrons. The minimum Gasteiger partial charge on any atom is -0.489 e. The normalized spacial score (nSPS) is 16.4. The van der Waals surface area contributed by atoms with Crippen LogP contribution in [0.1, 0.15) is 5.56 Å². The summed E-state index contributed by atoms with van der Waals surface area (Å²) in [6, 6.07) is 14.2. The first-order valence-corrected chi connectivity index (χ1v) is 7.95. The number of hydrogen-bond acceptors (Lipinski definition) is 5. The van der Waals surface area contributed by atoms with Crippen LogP contribution in [0.15, 0.2) is 42.5 Å². The van der Waals surface area contributed by atoms with Gasteiger partial charge in [0.2, 0.25) is 6.79 Å². The third-order valence-electron chi connectivity index (χ3n) is 4.16. The minimum absolute atomic E-state index is 0.299. The molecule has 1 saturated heterocycles. The zero-order valence-corrected chi connectivity index (χ0v) is 13.0. The van der Waals surface area contributed by atoms with E-state index in [0.29, 0.717) is 13.4 Å². The standard InChI is InChI=1S/C18H20N2O3/c1-6-17-18(23-13-22-17)11-14(1)12-21-16-4-2-15(3-5-16)20-9-7-19-8-10-20/h1-6,11,19H,7-10,12-13H2. The van der Waals surface area contributed by atoms with Crippen LogP contribution >= 0.6 is 0 Å². The van der Waals surface area contributed by atoms with Crippen LogP contribution in [0.2, 0.25) is 0 Å². The van der Waals surface area contributed by atoms with Gasteiger partial charge in [-0.15, -0.1) is 0 Å². The van der Waals surface area contributed by atoms with Gasteiger partial charge in [0.1, 0.15) is 12.4 Å². The molecule has 0 spiro atoms. The van der Waals surface area contributed by atoms with Crippen LogP contribution in [-0.4, -0.2) is 33.0 Å². The summed E-state index contributed by atoms with van der Waals surface area (Å²) in [5.41, 5.74) is 2.32. The molecular formula is C18H20N2O3. The van der Waals surface area contributed by atoms with Crippen LogP contribution in [0, 0.1) is 0 Å². The SMILES string of the molecule is c1cc2c(cc1COc1ccc(N3CCNCC3)cc1)OCO2. The highest BCUT2D eigenvalue weighted by Crippen LogP contribution is 2.32. The second kappa shape index (κ2) is 6.38. The van der Waals surface area contributed by atoms with Crippen LogP contribution in [-0.2, 0) is 6.61 Å². The first kappa shape index (κ1) is 14.2. The maximum Gasteiger partial charge on any atom is 0.231 e. The molecule has 1 N–H and O–H groups in total. The Morgan fingerprint density at radius 3 is 2.57 bits per heavy atom. The van der Waals surface area contributed by atoms with E-state index in [1.807, 2.05) is 30.3 Å². The zero-order chi connectivity index (χ0) is 15.5. The molecule has 2 heterocycles. The van der Waals surface area contributed by atoms with E-state index in [1.165, 1.54) is 5.69 Å². The Kier molecular flexibility index (Phi) is 3.94. The van der Waals surface area contributed by atoms with Gasteiger partial charge in [0.05, 0.1) is 0 Å². The largest absolute Gasteiger partial charge is 0.489 e. The van der Waals surface area contributed by atoms with Crippen molar-refractivity contribution in [3.63, 3.8) is 0 Å². The van der Waals surface area contributed by atoms with Gasteiger partial charge in [-0.3, -0.25) is 0 Å². The van der Waals surface area contributed by atoms with Gasteiger partial charge in [-0.1, -0.05) is 6.07 Å². The molecule has 5 nitrogen and oxygen atoms in total. The molecule has 0 bridgehead atoms. The van der Waals surface area contributed by atoms with E-state index in [2.05, 4.69) is 22.3 Å². The lowest BCUT2D eigenvalue weighted by Crippen LogP contribution is -2.43. The predicted molar refractivity (Wildman–Crippen MR) is 88.4 cm³/mol. The number of anilines is 1. The Morgan fingerprint density at radius 2 is 1.74 bits per heavy atom. The van der Waals surface area contributed by atoms with E-state index in [0.717, 1.165) is 49.0 Å². The topological polar surface area (TPSA) is 43.0 Å². The van der Waals surface area contributed by atoms with Gasteiger partial charge in [0, 0.05) is 31.9 Å². The first-order valence-electron chi connectivity index (χ1n) is 7.95. The molecule has 1 fully saturated rings. The number of nitrogens with zero attached hydrogens (tertiary/aromatic N) is 1. The average molecular weight is 312 g/mol.